The van der Waals surface area contributed by atoms with E-state index in [1.165, 1.54) is 6.92 Å². The number of para-hydroxylation sites is 1. The Morgan fingerprint density at radius 2 is 2.04 bits per heavy atom. The van der Waals surface area contributed by atoms with Crippen LogP contribution in [0.1, 0.15) is 19.4 Å². The van der Waals surface area contributed by atoms with Crippen LogP contribution in [-0.4, -0.2) is 51.9 Å². The van der Waals surface area contributed by atoms with E-state index in [2.05, 4.69) is 10.3 Å². The van der Waals surface area contributed by atoms with Gasteiger partial charge in [0.2, 0.25) is 11.8 Å². The number of nitrogens with one attached hydrogen (secondary N) is 2. The van der Waals surface area contributed by atoms with Crippen LogP contribution in [0.3, 0.4) is 0 Å². The lowest BCUT2D eigenvalue weighted by atomic mass is 9.99. The van der Waals surface area contributed by atoms with Crippen molar-refractivity contribution in [2.75, 3.05) is 13.1 Å². The van der Waals surface area contributed by atoms with Gasteiger partial charge in [0.15, 0.2) is 0 Å². The summed E-state index contributed by atoms with van der Waals surface area (Å²) in [6.07, 6.45) is 2.20. The van der Waals surface area contributed by atoms with Gasteiger partial charge < -0.3 is 20.3 Å². The number of nitrogens with zero attached hydrogens (tertiary/aromatic N) is 1. The number of aromatic amines is 1. The van der Waals surface area contributed by atoms with Crippen molar-refractivity contribution >= 4 is 28.7 Å². The van der Waals surface area contributed by atoms with Crippen LogP contribution in [0.2, 0.25) is 0 Å². The Hall–Kier alpha value is -2.83. The molecule has 1 aromatic heterocycles. The van der Waals surface area contributed by atoms with E-state index >= 15 is 0 Å². The van der Waals surface area contributed by atoms with Gasteiger partial charge >= 0.3 is 5.97 Å². The van der Waals surface area contributed by atoms with Crippen molar-refractivity contribution in [3.63, 3.8) is 0 Å². The van der Waals surface area contributed by atoms with Crippen molar-refractivity contribution < 1.29 is 19.5 Å². The number of aliphatic carboxylic acids is 1. The predicted molar refractivity (Wildman–Crippen MR) is 96.5 cm³/mol. The van der Waals surface area contributed by atoms with E-state index < -0.39 is 17.9 Å². The van der Waals surface area contributed by atoms with Gasteiger partial charge in [-0.25, -0.2) is 0 Å². The summed E-state index contributed by atoms with van der Waals surface area (Å²) in [5, 5.41) is 13.0. The van der Waals surface area contributed by atoms with E-state index in [-0.39, 0.29) is 24.3 Å². The number of amides is 2. The van der Waals surface area contributed by atoms with Crippen molar-refractivity contribution in [1.29, 1.82) is 0 Å². The first-order valence-electron chi connectivity index (χ1n) is 8.70. The van der Waals surface area contributed by atoms with Crippen LogP contribution in [0.5, 0.6) is 0 Å². The minimum Gasteiger partial charge on any atom is -0.481 e. The van der Waals surface area contributed by atoms with Crippen LogP contribution in [0.4, 0.5) is 0 Å². The molecule has 1 aromatic carbocycles. The molecule has 2 amide bonds. The summed E-state index contributed by atoms with van der Waals surface area (Å²) in [4.78, 5) is 40.6. The molecule has 0 saturated carbocycles. The number of carbonyl (C=O) groups is 3. The summed E-state index contributed by atoms with van der Waals surface area (Å²) in [7, 11) is 0. The molecule has 1 aliphatic rings. The van der Waals surface area contributed by atoms with Crippen molar-refractivity contribution in [3.05, 3.63) is 36.0 Å². The summed E-state index contributed by atoms with van der Waals surface area (Å²) in [5.74, 6) is -2.08. The Bertz CT molecular complexity index is 844. The van der Waals surface area contributed by atoms with Gasteiger partial charge in [-0.05, 0) is 17.5 Å². The van der Waals surface area contributed by atoms with Gasteiger partial charge in [0.1, 0.15) is 6.04 Å². The first-order chi connectivity index (χ1) is 12.4. The number of rotatable bonds is 5. The molecule has 0 bridgehead atoms. The molecule has 0 aliphatic carbocycles. The highest BCUT2D eigenvalue weighted by Crippen LogP contribution is 2.25. The van der Waals surface area contributed by atoms with E-state index in [0.717, 1.165) is 16.5 Å². The maximum atomic E-state index is 13.0. The minimum absolute atomic E-state index is 0.109. The zero-order valence-corrected chi connectivity index (χ0v) is 14.9. The minimum atomic E-state index is -0.888. The first-order valence-corrected chi connectivity index (χ1v) is 8.70. The number of carboxylic acids is 1. The summed E-state index contributed by atoms with van der Waals surface area (Å²) in [5.41, 5.74) is 1.91. The Kier molecular flexibility index (Phi) is 4.97. The second-order valence-electron chi connectivity index (χ2n) is 6.98. The maximum Gasteiger partial charge on any atom is 0.308 e. The van der Waals surface area contributed by atoms with Crippen LogP contribution in [0, 0.1) is 11.8 Å². The monoisotopic (exact) mass is 357 g/mol. The molecule has 2 aromatic rings. The highest BCUT2D eigenvalue weighted by molar-refractivity contribution is 5.89. The molecule has 1 fully saturated rings. The third-order valence-electron chi connectivity index (χ3n) is 5.02. The van der Waals surface area contributed by atoms with Gasteiger partial charge in [0.25, 0.3) is 0 Å². The largest absolute Gasteiger partial charge is 0.481 e. The first kappa shape index (κ1) is 18.0. The molecule has 1 saturated heterocycles. The lowest BCUT2D eigenvalue weighted by Gasteiger charge is -2.24. The predicted octanol–water partition coefficient (Wildman–Crippen LogP) is 1.39. The van der Waals surface area contributed by atoms with Gasteiger partial charge in [-0.3, -0.25) is 14.4 Å². The normalized spacial score (nSPS) is 20.9. The smallest absolute Gasteiger partial charge is 0.308 e. The molecule has 1 unspecified atom stereocenters. The zero-order valence-electron chi connectivity index (χ0n) is 14.9. The Morgan fingerprint density at radius 1 is 1.31 bits per heavy atom. The number of carboxylic acid groups (broad SMARTS) is 1. The fourth-order valence-corrected chi connectivity index (χ4v) is 3.65. The molecular formula is C19H23N3O4. The number of H-pyrrole nitrogens is 1. The fraction of sp³-hybridized carbons (Fsp3) is 0.421. The van der Waals surface area contributed by atoms with Crippen LogP contribution in [-0.2, 0) is 20.8 Å². The Balaban J connectivity index is 1.81. The number of hydrogen-bond acceptors (Lipinski definition) is 3. The molecule has 3 atom stereocenters. The second-order valence-corrected chi connectivity index (χ2v) is 6.98. The lowest BCUT2D eigenvalue weighted by Crippen LogP contribution is -2.48. The van der Waals surface area contributed by atoms with E-state index in [1.54, 1.807) is 4.90 Å². The number of carbonyl (C=O) groups excluding carboxylic acids is 2. The number of likely N-dealkylation sites (tertiary alicyclic amines) is 1. The lowest BCUT2D eigenvalue weighted by molar-refractivity contribution is -0.142. The molecule has 3 rings (SSSR count). The third kappa shape index (κ3) is 3.56. The third-order valence-corrected chi connectivity index (χ3v) is 5.02. The van der Waals surface area contributed by atoms with E-state index in [0.29, 0.717) is 13.0 Å². The van der Waals surface area contributed by atoms with Crippen LogP contribution in [0.15, 0.2) is 30.5 Å². The average Bonchev–Trinajstić information content (AvgIpc) is 3.17. The molecule has 0 radical (unpaired) electrons. The number of hydrogen-bond donors (Lipinski definition) is 3. The second kappa shape index (κ2) is 7.19. The molecule has 26 heavy (non-hydrogen) atoms. The quantitative estimate of drug-likeness (QED) is 0.752. The molecule has 1 aliphatic heterocycles. The van der Waals surface area contributed by atoms with Crippen LogP contribution >= 0.6 is 0 Å². The van der Waals surface area contributed by atoms with Crippen molar-refractivity contribution in [2.45, 2.75) is 26.3 Å². The summed E-state index contributed by atoms with van der Waals surface area (Å²) in [6, 6.07) is 7.06. The number of fused-ring (bicyclic) bond motifs is 1. The summed E-state index contributed by atoms with van der Waals surface area (Å²) < 4.78 is 0. The average molecular weight is 357 g/mol. The van der Waals surface area contributed by atoms with E-state index in [4.69, 9.17) is 0 Å². The molecule has 138 valence electrons. The van der Waals surface area contributed by atoms with Gasteiger partial charge in [0.05, 0.1) is 5.92 Å². The van der Waals surface area contributed by atoms with Gasteiger partial charge in [-0.15, -0.1) is 0 Å². The summed E-state index contributed by atoms with van der Waals surface area (Å²) in [6.45, 7) is 3.78. The highest BCUT2D eigenvalue weighted by Gasteiger charge is 2.39. The molecule has 2 heterocycles. The molecule has 3 N–H and O–H groups in total. The molecule has 0 spiro atoms. The number of benzene rings is 1. The standard InChI is InChI=1S/C19H23N3O4/c1-11-9-22(10-15(11)19(25)26)18(24)17(21-12(2)23)7-13-8-20-16-6-4-3-5-14(13)16/h3-6,8,11,15,17,20H,7,9-10H2,1-2H3,(H,21,23)(H,25,26)/t11-,15-,17?/m1/s1. The van der Waals surface area contributed by atoms with Gasteiger partial charge in [0, 0.05) is 43.5 Å². The highest BCUT2D eigenvalue weighted by atomic mass is 16.4. The SMILES string of the molecule is CC(=O)NC(Cc1c[nH]c2ccccc12)C(=O)N1C[C@@H](C)[C@H](C(=O)O)C1. The van der Waals surface area contributed by atoms with Crippen LogP contribution in [0.25, 0.3) is 10.9 Å². The molecular weight excluding hydrogens is 334 g/mol. The topological polar surface area (TPSA) is 103 Å². The fourth-order valence-electron chi connectivity index (χ4n) is 3.65. The van der Waals surface area contributed by atoms with E-state index in [1.807, 2.05) is 37.4 Å². The zero-order chi connectivity index (χ0) is 18.8. The van der Waals surface area contributed by atoms with Crippen molar-refractivity contribution in [1.82, 2.24) is 15.2 Å². The van der Waals surface area contributed by atoms with E-state index in [9.17, 15) is 19.5 Å². The Labute approximate surface area is 151 Å². The molecule has 7 heteroatoms. The van der Waals surface area contributed by atoms with Crippen LogP contribution < -0.4 is 5.32 Å². The maximum absolute atomic E-state index is 13.0. The van der Waals surface area contributed by atoms with Crippen molar-refractivity contribution in [3.8, 4) is 0 Å². The summed E-state index contributed by atoms with van der Waals surface area (Å²) >= 11 is 0. The van der Waals surface area contributed by atoms with Gasteiger partial charge in [-0.2, -0.15) is 0 Å². The van der Waals surface area contributed by atoms with Crippen molar-refractivity contribution in [2.24, 2.45) is 11.8 Å². The molecule has 7 nitrogen and oxygen atoms in total. The Morgan fingerprint density at radius 3 is 2.69 bits per heavy atom. The number of aromatic nitrogens is 1. The van der Waals surface area contributed by atoms with Gasteiger partial charge in [-0.1, -0.05) is 25.1 Å².